The van der Waals surface area contributed by atoms with E-state index in [0.29, 0.717) is 26.1 Å². The van der Waals surface area contributed by atoms with Gasteiger partial charge in [-0.05, 0) is 0 Å². The summed E-state index contributed by atoms with van der Waals surface area (Å²) in [6.07, 6.45) is 0.401. The first-order chi connectivity index (χ1) is 9.00. The van der Waals surface area contributed by atoms with Gasteiger partial charge in [0.2, 0.25) is 0 Å². The molecule has 0 radical (unpaired) electrons. The summed E-state index contributed by atoms with van der Waals surface area (Å²) in [4.78, 5) is 23.9. The smallest absolute Gasteiger partial charge is 0.140 e. The van der Waals surface area contributed by atoms with Gasteiger partial charge in [0.1, 0.15) is 11.6 Å². The number of ketones is 2. The largest absolute Gasteiger partial charge is 0.373 e. The van der Waals surface area contributed by atoms with E-state index in [2.05, 4.69) is 0 Å². The predicted molar refractivity (Wildman–Crippen MR) is 77.6 cm³/mol. The molecule has 0 aromatic carbocycles. The molecule has 1 aliphatic rings. The van der Waals surface area contributed by atoms with Crippen LogP contribution < -0.4 is 0 Å². The average molecular weight is 284 g/mol. The Bertz CT molecular complexity index is 316. The molecule has 2 atom stereocenters. The van der Waals surface area contributed by atoms with Crippen molar-refractivity contribution in [1.82, 2.24) is 0 Å². The molecule has 1 fully saturated rings. The van der Waals surface area contributed by atoms with Gasteiger partial charge in [0.25, 0.3) is 0 Å². The zero-order valence-electron chi connectivity index (χ0n) is 13.6. The van der Waals surface area contributed by atoms with Gasteiger partial charge in [-0.1, -0.05) is 41.5 Å². The molecular weight excluding hydrogens is 256 g/mol. The van der Waals surface area contributed by atoms with E-state index in [-0.39, 0.29) is 34.6 Å². The third-order valence-electron chi connectivity index (χ3n) is 3.53. The van der Waals surface area contributed by atoms with E-state index in [0.717, 1.165) is 0 Å². The molecule has 0 bridgehead atoms. The highest BCUT2D eigenvalue weighted by molar-refractivity contribution is 5.84. The molecule has 116 valence electrons. The summed E-state index contributed by atoms with van der Waals surface area (Å²) in [5.74, 6) is 0.352. The summed E-state index contributed by atoms with van der Waals surface area (Å²) in [5, 5.41) is 0. The van der Waals surface area contributed by atoms with Crippen LogP contribution in [0.4, 0.5) is 0 Å². The first-order valence-corrected chi connectivity index (χ1v) is 7.30. The monoisotopic (exact) mass is 284 g/mol. The van der Waals surface area contributed by atoms with Crippen LogP contribution in [-0.2, 0) is 19.1 Å². The fourth-order valence-electron chi connectivity index (χ4n) is 1.84. The molecular formula is C16H28O4. The summed E-state index contributed by atoms with van der Waals surface area (Å²) < 4.78 is 11.3. The third kappa shape index (κ3) is 5.33. The summed E-state index contributed by atoms with van der Waals surface area (Å²) in [7, 11) is 0. The average Bonchev–Trinajstić information content (AvgIpc) is 2.29. The van der Waals surface area contributed by atoms with Crippen molar-refractivity contribution >= 4 is 11.6 Å². The lowest BCUT2D eigenvalue weighted by molar-refractivity contribution is -0.156. The van der Waals surface area contributed by atoms with E-state index in [1.165, 1.54) is 0 Å². The van der Waals surface area contributed by atoms with Gasteiger partial charge >= 0.3 is 0 Å². The molecule has 0 spiro atoms. The second-order valence-corrected chi connectivity index (χ2v) is 7.67. The minimum Gasteiger partial charge on any atom is -0.373 e. The number of carbonyl (C=O) groups is 2. The Morgan fingerprint density at radius 3 is 1.30 bits per heavy atom. The van der Waals surface area contributed by atoms with Gasteiger partial charge in [-0.2, -0.15) is 0 Å². The maximum Gasteiger partial charge on any atom is 0.140 e. The maximum absolute atomic E-state index is 11.9. The number of hydrogen-bond donors (Lipinski definition) is 0. The van der Waals surface area contributed by atoms with Crippen LogP contribution >= 0.6 is 0 Å². The van der Waals surface area contributed by atoms with Gasteiger partial charge in [0.05, 0.1) is 25.4 Å². The summed E-state index contributed by atoms with van der Waals surface area (Å²) in [5.41, 5.74) is -0.690. The lowest BCUT2D eigenvalue weighted by atomic mass is 9.87. The number of hydrogen-bond acceptors (Lipinski definition) is 4. The van der Waals surface area contributed by atoms with Gasteiger partial charge in [0.15, 0.2) is 0 Å². The lowest BCUT2D eigenvalue weighted by Crippen LogP contribution is -2.40. The summed E-state index contributed by atoms with van der Waals surface area (Å²) in [6, 6.07) is 0. The van der Waals surface area contributed by atoms with Crippen LogP contribution in [0.2, 0.25) is 0 Å². The van der Waals surface area contributed by atoms with E-state index in [1.807, 2.05) is 41.5 Å². The number of ether oxygens (including phenoxy) is 2. The number of rotatable bonds is 4. The Hall–Kier alpha value is -0.740. The maximum atomic E-state index is 11.9. The fraction of sp³-hybridized carbons (Fsp3) is 0.875. The molecule has 1 aliphatic heterocycles. The minimum atomic E-state index is -0.345. The van der Waals surface area contributed by atoms with Gasteiger partial charge < -0.3 is 9.47 Å². The molecule has 0 aliphatic carbocycles. The molecule has 1 heterocycles. The van der Waals surface area contributed by atoms with Crippen molar-refractivity contribution in [2.24, 2.45) is 10.8 Å². The van der Waals surface area contributed by atoms with Crippen LogP contribution in [0.1, 0.15) is 54.4 Å². The Morgan fingerprint density at radius 2 is 1.10 bits per heavy atom. The minimum absolute atomic E-state index is 0.176. The van der Waals surface area contributed by atoms with Crippen LogP contribution in [0.15, 0.2) is 0 Å². The molecule has 0 aromatic heterocycles. The SMILES string of the molecule is CC(C)(C)C(=O)C[C@H]1CO[C@H](CC(=O)C(C)(C)C)CO1. The molecule has 0 N–H and O–H groups in total. The predicted octanol–water partition coefficient (Wildman–Crippen LogP) is 2.78. The van der Waals surface area contributed by atoms with Crippen LogP contribution in [0.25, 0.3) is 0 Å². The number of carbonyl (C=O) groups excluding carboxylic acids is 2. The van der Waals surface area contributed by atoms with Crippen LogP contribution in [0, 0.1) is 10.8 Å². The molecule has 4 heteroatoms. The fourth-order valence-corrected chi connectivity index (χ4v) is 1.84. The van der Waals surface area contributed by atoms with Crippen molar-refractivity contribution in [1.29, 1.82) is 0 Å². The second-order valence-electron chi connectivity index (χ2n) is 7.67. The number of Topliss-reactive ketones (excluding diaryl/α,β-unsaturated/α-hetero) is 2. The van der Waals surface area contributed by atoms with E-state index in [4.69, 9.17) is 9.47 Å². The van der Waals surface area contributed by atoms with Gasteiger partial charge in [-0.3, -0.25) is 9.59 Å². The van der Waals surface area contributed by atoms with Crippen molar-refractivity contribution in [2.45, 2.75) is 66.6 Å². The molecule has 0 unspecified atom stereocenters. The molecule has 0 saturated carbocycles. The van der Waals surface area contributed by atoms with Gasteiger partial charge in [-0.15, -0.1) is 0 Å². The quantitative estimate of drug-likeness (QED) is 0.796. The normalized spacial score (nSPS) is 24.5. The second kappa shape index (κ2) is 6.35. The van der Waals surface area contributed by atoms with Crippen molar-refractivity contribution in [3.05, 3.63) is 0 Å². The lowest BCUT2D eigenvalue weighted by Gasteiger charge is -2.31. The highest BCUT2D eigenvalue weighted by Gasteiger charge is 2.31. The molecule has 0 amide bonds. The third-order valence-corrected chi connectivity index (χ3v) is 3.53. The first-order valence-electron chi connectivity index (χ1n) is 7.30. The zero-order valence-corrected chi connectivity index (χ0v) is 13.6. The van der Waals surface area contributed by atoms with Crippen LogP contribution in [0.3, 0.4) is 0 Å². The Morgan fingerprint density at radius 1 is 0.800 bits per heavy atom. The topological polar surface area (TPSA) is 52.6 Å². The van der Waals surface area contributed by atoms with E-state index in [9.17, 15) is 9.59 Å². The van der Waals surface area contributed by atoms with E-state index >= 15 is 0 Å². The highest BCUT2D eigenvalue weighted by atomic mass is 16.6. The Balaban J connectivity index is 2.37. The molecule has 20 heavy (non-hydrogen) atoms. The van der Waals surface area contributed by atoms with Crippen LogP contribution in [-0.4, -0.2) is 37.0 Å². The van der Waals surface area contributed by atoms with Crippen molar-refractivity contribution in [2.75, 3.05) is 13.2 Å². The highest BCUT2D eigenvalue weighted by Crippen LogP contribution is 2.23. The Kier molecular flexibility index (Phi) is 5.50. The summed E-state index contributed by atoms with van der Waals surface area (Å²) >= 11 is 0. The van der Waals surface area contributed by atoms with Crippen LogP contribution in [0.5, 0.6) is 0 Å². The van der Waals surface area contributed by atoms with Gasteiger partial charge in [-0.25, -0.2) is 0 Å². The molecule has 4 nitrogen and oxygen atoms in total. The van der Waals surface area contributed by atoms with E-state index < -0.39 is 0 Å². The van der Waals surface area contributed by atoms with Crippen molar-refractivity contribution in [3.63, 3.8) is 0 Å². The van der Waals surface area contributed by atoms with Gasteiger partial charge in [0, 0.05) is 23.7 Å². The molecule has 1 saturated heterocycles. The molecule has 0 aromatic rings. The summed E-state index contributed by atoms with van der Waals surface area (Å²) in [6.45, 7) is 12.2. The zero-order chi connectivity index (χ0) is 15.6. The van der Waals surface area contributed by atoms with Crippen molar-refractivity contribution in [3.8, 4) is 0 Å². The van der Waals surface area contributed by atoms with E-state index in [1.54, 1.807) is 0 Å². The molecule has 1 rings (SSSR count). The Labute approximate surface area is 122 Å². The van der Waals surface area contributed by atoms with Crippen molar-refractivity contribution < 1.29 is 19.1 Å². The standard InChI is InChI=1S/C16H28O4/c1-15(2,3)13(17)7-11-9-20-12(10-19-11)8-14(18)16(4,5)6/h11-12H,7-10H2,1-6H3/t11-,12+. The first kappa shape index (κ1) is 17.3.